The second-order valence-corrected chi connectivity index (χ2v) is 5.85. The number of carbonyl (C=O) groups excluding carboxylic acids is 1. The Morgan fingerprint density at radius 1 is 1.38 bits per heavy atom. The number of aryl methyl sites for hydroxylation is 2. The van der Waals surface area contributed by atoms with Crippen molar-refractivity contribution in [2.45, 2.75) is 40.0 Å². The van der Waals surface area contributed by atoms with E-state index in [9.17, 15) is 18.0 Å². The molecule has 0 aromatic carbocycles. The van der Waals surface area contributed by atoms with Gasteiger partial charge in [-0.05, 0) is 19.9 Å². The second-order valence-electron chi connectivity index (χ2n) is 5.85. The van der Waals surface area contributed by atoms with Crippen LogP contribution in [0.1, 0.15) is 29.6 Å². The van der Waals surface area contributed by atoms with Gasteiger partial charge >= 0.3 is 6.18 Å². The Bertz CT molecular complexity index is 732. The normalized spacial score (nSPS) is 13.1. The number of amides is 1. The summed E-state index contributed by atoms with van der Waals surface area (Å²) in [7, 11) is 1.81. The van der Waals surface area contributed by atoms with Crippen LogP contribution in [0.3, 0.4) is 0 Å². The van der Waals surface area contributed by atoms with Crippen molar-refractivity contribution in [2.75, 3.05) is 0 Å². The Labute approximate surface area is 137 Å². The molecule has 1 unspecified atom stereocenters. The molecule has 1 atom stereocenters. The van der Waals surface area contributed by atoms with Gasteiger partial charge in [0.1, 0.15) is 0 Å². The Balaban J connectivity index is 1.97. The van der Waals surface area contributed by atoms with Crippen LogP contribution in [0.25, 0.3) is 0 Å². The lowest BCUT2D eigenvalue weighted by Crippen LogP contribution is -2.31. The van der Waals surface area contributed by atoms with E-state index >= 15 is 0 Å². The van der Waals surface area contributed by atoms with Crippen molar-refractivity contribution in [1.29, 1.82) is 0 Å². The van der Waals surface area contributed by atoms with Gasteiger partial charge in [0, 0.05) is 30.5 Å². The maximum atomic E-state index is 12.7. The topological polar surface area (TPSA) is 64.7 Å². The van der Waals surface area contributed by atoms with Crippen LogP contribution in [0.5, 0.6) is 0 Å². The third-order valence-corrected chi connectivity index (χ3v) is 3.96. The Kier molecular flexibility index (Phi) is 5.00. The van der Waals surface area contributed by atoms with Crippen LogP contribution in [-0.2, 0) is 31.1 Å². The van der Waals surface area contributed by atoms with E-state index in [0.717, 1.165) is 17.3 Å². The number of hydrogen-bond donors (Lipinski definition) is 1. The molecule has 2 aromatic rings. The average molecular weight is 343 g/mol. The van der Waals surface area contributed by atoms with Crippen molar-refractivity contribution in [3.8, 4) is 0 Å². The zero-order valence-corrected chi connectivity index (χ0v) is 14.0. The molecule has 6 nitrogen and oxygen atoms in total. The predicted octanol–water partition coefficient (Wildman–Crippen LogP) is 2.20. The molecule has 0 aliphatic rings. The zero-order valence-electron chi connectivity index (χ0n) is 14.0. The Morgan fingerprint density at radius 3 is 2.54 bits per heavy atom. The molecular weight excluding hydrogens is 323 g/mol. The minimum absolute atomic E-state index is 0.0831. The summed E-state index contributed by atoms with van der Waals surface area (Å²) in [4.78, 5) is 12.2. The fourth-order valence-electron chi connectivity index (χ4n) is 2.25. The van der Waals surface area contributed by atoms with Gasteiger partial charge in [0.2, 0.25) is 5.91 Å². The molecule has 0 spiro atoms. The number of halogens is 3. The summed E-state index contributed by atoms with van der Waals surface area (Å²) in [6.45, 7) is 5.49. The minimum atomic E-state index is -4.49. The fourth-order valence-corrected chi connectivity index (χ4v) is 2.25. The van der Waals surface area contributed by atoms with E-state index in [0.29, 0.717) is 12.2 Å². The lowest BCUT2D eigenvalue weighted by atomic mass is 10.1. The predicted molar refractivity (Wildman–Crippen MR) is 80.9 cm³/mol. The van der Waals surface area contributed by atoms with E-state index in [1.165, 1.54) is 11.6 Å². The molecule has 2 aromatic heterocycles. The molecule has 0 aliphatic carbocycles. The minimum Gasteiger partial charge on any atom is -0.352 e. The third kappa shape index (κ3) is 3.95. The second kappa shape index (κ2) is 6.66. The van der Waals surface area contributed by atoms with Crippen LogP contribution in [0, 0.1) is 19.8 Å². The van der Waals surface area contributed by atoms with Gasteiger partial charge in [0.25, 0.3) is 0 Å². The molecule has 0 radical (unpaired) electrons. The largest absolute Gasteiger partial charge is 0.435 e. The van der Waals surface area contributed by atoms with Gasteiger partial charge < -0.3 is 5.32 Å². The molecule has 24 heavy (non-hydrogen) atoms. The Morgan fingerprint density at radius 2 is 2.04 bits per heavy atom. The monoisotopic (exact) mass is 343 g/mol. The smallest absolute Gasteiger partial charge is 0.352 e. The van der Waals surface area contributed by atoms with Crippen LogP contribution in [0.4, 0.5) is 13.2 Å². The van der Waals surface area contributed by atoms with Crippen LogP contribution >= 0.6 is 0 Å². The first-order valence-electron chi connectivity index (χ1n) is 7.46. The molecule has 132 valence electrons. The van der Waals surface area contributed by atoms with Gasteiger partial charge in [0.15, 0.2) is 5.69 Å². The number of carbonyl (C=O) groups is 1. The molecule has 0 saturated carbocycles. The highest BCUT2D eigenvalue weighted by Gasteiger charge is 2.34. The lowest BCUT2D eigenvalue weighted by Gasteiger charge is -2.13. The van der Waals surface area contributed by atoms with E-state index in [4.69, 9.17) is 0 Å². The quantitative estimate of drug-likeness (QED) is 0.905. The first-order valence-corrected chi connectivity index (χ1v) is 7.46. The highest BCUT2D eigenvalue weighted by atomic mass is 19.4. The molecule has 1 amide bonds. The fraction of sp³-hybridized carbons (Fsp3) is 0.533. The maximum Gasteiger partial charge on any atom is 0.435 e. The van der Waals surface area contributed by atoms with Gasteiger partial charge in [-0.25, -0.2) is 0 Å². The summed E-state index contributed by atoms with van der Waals surface area (Å²) in [5.74, 6) is -0.761. The van der Waals surface area contributed by atoms with Gasteiger partial charge in [-0.1, -0.05) is 6.92 Å². The van der Waals surface area contributed by atoms with Crippen molar-refractivity contribution in [3.05, 3.63) is 34.9 Å². The van der Waals surface area contributed by atoms with Crippen molar-refractivity contribution in [3.63, 3.8) is 0 Å². The van der Waals surface area contributed by atoms with Gasteiger partial charge in [-0.2, -0.15) is 23.4 Å². The molecule has 0 aliphatic heterocycles. The maximum absolute atomic E-state index is 12.7. The van der Waals surface area contributed by atoms with E-state index in [2.05, 4.69) is 15.5 Å². The molecule has 0 saturated heterocycles. The summed E-state index contributed by atoms with van der Waals surface area (Å²) in [6, 6.07) is 0.976. The van der Waals surface area contributed by atoms with E-state index < -0.39 is 17.8 Å². The van der Waals surface area contributed by atoms with Crippen LogP contribution in [0.15, 0.2) is 12.3 Å². The molecule has 9 heteroatoms. The molecule has 2 heterocycles. The van der Waals surface area contributed by atoms with Crippen LogP contribution < -0.4 is 5.32 Å². The lowest BCUT2D eigenvalue weighted by molar-refractivity contribution is -0.141. The van der Waals surface area contributed by atoms with E-state index in [-0.39, 0.29) is 12.5 Å². The number of aromatic nitrogens is 4. The van der Waals surface area contributed by atoms with E-state index in [1.54, 1.807) is 17.8 Å². The van der Waals surface area contributed by atoms with Crippen molar-refractivity contribution >= 4 is 5.91 Å². The number of nitrogens with zero attached hydrogens (tertiary/aromatic N) is 4. The summed E-state index contributed by atoms with van der Waals surface area (Å²) in [5, 5.41) is 10.4. The first kappa shape index (κ1) is 18.0. The zero-order chi connectivity index (χ0) is 18.1. The summed E-state index contributed by atoms with van der Waals surface area (Å²) >= 11 is 0. The third-order valence-electron chi connectivity index (χ3n) is 3.96. The molecule has 0 bridgehead atoms. The van der Waals surface area contributed by atoms with Crippen molar-refractivity contribution in [2.24, 2.45) is 13.0 Å². The number of hydrogen-bond acceptors (Lipinski definition) is 3. The van der Waals surface area contributed by atoms with Crippen molar-refractivity contribution < 1.29 is 18.0 Å². The highest BCUT2D eigenvalue weighted by Crippen LogP contribution is 2.28. The summed E-state index contributed by atoms with van der Waals surface area (Å²) in [5.41, 5.74) is 1.26. The van der Waals surface area contributed by atoms with E-state index in [1.807, 2.05) is 14.0 Å². The highest BCUT2D eigenvalue weighted by molar-refractivity contribution is 5.78. The molecular formula is C15H20F3N5O. The molecule has 0 fully saturated rings. The van der Waals surface area contributed by atoms with Gasteiger partial charge in [-0.15, -0.1) is 0 Å². The standard InChI is InChI=1S/C15H20F3N5O/c1-9(8-23-10(2)5-13(21-23)15(16,17)18)14(24)19-6-12-7-20-22(4)11(12)3/h5,7,9H,6,8H2,1-4H3,(H,19,24). The summed E-state index contributed by atoms with van der Waals surface area (Å²) < 4.78 is 40.9. The molecule has 1 N–H and O–H groups in total. The van der Waals surface area contributed by atoms with Crippen molar-refractivity contribution in [1.82, 2.24) is 24.9 Å². The van der Waals surface area contributed by atoms with Gasteiger partial charge in [0.05, 0.1) is 18.7 Å². The molecule has 2 rings (SSSR count). The average Bonchev–Trinajstić information content (AvgIpc) is 3.01. The number of rotatable bonds is 5. The SMILES string of the molecule is Cc1c(CNC(=O)C(C)Cn2nc(C(F)(F)F)cc2C)cnn1C. The number of alkyl halides is 3. The van der Waals surface area contributed by atoms with Crippen LogP contribution in [-0.4, -0.2) is 25.5 Å². The van der Waals surface area contributed by atoms with Gasteiger partial charge in [-0.3, -0.25) is 14.2 Å². The number of nitrogens with one attached hydrogen (secondary N) is 1. The summed E-state index contributed by atoms with van der Waals surface area (Å²) in [6.07, 6.45) is -2.81. The first-order chi connectivity index (χ1) is 11.1. The Hall–Kier alpha value is -2.32. The van der Waals surface area contributed by atoms with Crippen LogP contribution in [0.2, 0.25) is 0 Å².